The van der Waals surface area contributed by atoms with Crippen molar-refractivity contribution < 1.29 is 14.7 Å². The highest BCUT2D eigenvalue weighted by Gasteiger charge is 2.49. The fraction of sp³-hybridized carbons (Fsp3) is 0.769. The van der Waals surface area contributed by atoms with Crippen LogP contribution in [0.3, 0.4) is 0 Å². The van der Waals surface area contributed by atoms with Crippen molar-refractivity contribution in [1.82, 2.24) is 14.5 Å². The molecule has 0 aromatic carbocycles. The number of nitrogens with zero attached hydrogens (tertiary/aromatic N) is 4. The molecule has 0 bridgehead atoms. The minimum absolute atomic E-state index is 0.00547. The van der Waals surface area contributed by atoms with Crippen molar-refractivity contribution in [2.24, 2.45) is 17.3 Å². The van der Waals surface area contributed by atoms with Gasteiger partial charge in [0, 0.05) is 37.4 Å². The third-order valence-corrected chi connectivity index (χ3v) is 8.43. The molecule has 1 aromatic heterocycles. The van der Waals surface area contributed by atoms with E-state index in [2.05, 4.69) is 4.98 Å². The average molecular weight is 473 g/mol. The summed E-state index contributed by atoms with van der Waals surface area (Å²) in [6.07, 6.45) is 11.7. The molecule has 4 rings (SSSR count). The highest BCUT2D eigenvalue weighted by Crippen LogP contribution is 2.40. The number of hydrogen-bond acceptors (Lipinski definition) is 5. The molecule has 3 heterocycles. The summed E-state index contributed by atoms with van der Waals surface area (Å²) in [4.78, 5) is 45.6. The predicted molar refractivity (Wildman–Crippen MR) is 130 cm³/mol. The molecule has 1 aromatic rings. The van der Waals surface area contributed by atoms with Crippen LogP contribution in [0.1, 0.15) is 78.6 Å². The summed E-state index contributed by atoms with van der Waals surface area (Å²) >= 11 is 0. The molecule has 3 fully saturated rings. The second kappa shape index (κ2) is 9.80. The Hall–Kier alpha value is -2.22. The van der Waals surface area contributed by atoms with Crippen LogP contribution in [0.15, 0.2) is 17.2 Å². The Balaban J connectivity index is 1.44. The second-order valence-corrected chi connectivity index (χ2v) is 11.4. The van der Waals surface area contributed by atoms with Crippen molar-refractivity contribution in [2.45, 2.75) is 90.7 Å². The first kappa shape index (κ1) is 24.9. The number of hydrogen-bond donors (Lipinski definition) is 1. The molecular formula is C26H40N4O4. The largest absolute Gasteiger partial charge is 0.387 e. The number of piperidine rings is 1. The van der Waals surface area contributed by atoms with E-state index in [1.807, 2.05) is 25.7 Å². The molecule has 0 radical (unpaired) electrons. The first-order valence-electron chi connectivity index (χ1n) is 13.0. The minimum Gasteiger partial charge on any atom is -0.387 e. The number of carbonyl (C=O) groups is 2. The lowest BCUT2D eigenvalue weighted by atomic mass is 9.69. The zero-order valence-corrected chi connectivity index (χ0v) is 21.0. The van der Waals surface area contributed by atoms with E-state index in [4.69, 9.17) is 0 Å². The van der Waals surface area contributed by atoms with Crippen molar-refractivity contribution in [3.05, 3.63) is 22.7 Å². The quantitative estimate of drug-likeness (QED) is 0.687. The summed E-state index contributed by atoms with van der Waals surface area (Å²) in [7, 11) is 0. The van der Waals surface area contributed by atoms with Crippen molar-refractivity contribution in [3.8, 4) is 0 Å². The SMILES string of the molecule is CC(CC1CCCCC1)C(=O)N1CCC(O)(Cn2cc(N3CCCC3=O)ncc2=O)C(C)(C)C1. The molecule has 2 aliphatic heterocycles. The molecule has 188 valence electrons. The van der Waals surface area contributed by atoms with Crippen molar-refractivity contribution in [2.75, 3.05) is 24.5 Å². The number of likely N-dealkylation sites (tertiary alicyclic amines) is 1. The Bertz CT molecular complexity index is 968. The first-order chi connectivity index (χ1) is 16.1. The smallest absolute Gasteiger partial charge is 0.269 e. The fourth-order valence-corrected chi connectivity index (χ4v) is 6.05. The summed E-state index contributed by atoms with van der Waals surface area (Å²) in [6.45, 7) is 7.61. The number of aromatic nitrogens is 2. The van der Waals surface area contributed by atoms with Gasteiger partial charge in [0.2, 0.25) is 11.8 Å². The lowest BCUT2D eigenvalue weighted by molar-refractivity contribution is -0.157. The average Bonchev–Trinajstić information content (AvgIpc) is 3.23. The number of carbonyl (C=O) groups excluding carboxylic acids is 2. The maximum absolute atomic E-state index is 13.2. The molecule has 3 aliphatic rings. The van der Waals surface area contributed by atoms with Crippen molar-refractivity contribution >= 4 is 17.6 Å². The van der Waals surface area contributed by atoms with Crippen LogP contribution in [0, 0.1) is 17.3 Å². The van der Waals surface area contributed by atoms with Gasteiger partial charge in [0.15, 0.2) is 5.82 Å². The van der Waals surface area contributed by atoms with Gasteiger partial charge < -0.3 is 14.6 Å². The van der Waals surface area contributed by atoms with Crippen LogP contribution in [0.4, 0.5) is 5.82 Å². The van der Waals surface area contributed by atoms with E-state index >= 15 is 0 Å². The van der Waals surface area contributed by atoms with Crippen LogP contribution in [0.25, 0.3) is 0 Å². The van der Waals surface area contributed by atoms with Gasteiger partial charge in [-0.05, 0) is 25.2 Å². The molecule has 2 saturated heterocycles. The van der Waals surface area contributed by atoms with Crippen LogP contribution >= 0.6 is 0 Å². The van der Waals surface area contributed by atoms with Gasteiger partial charge in [-0.3, -0.25) is 19.3 Å². The number of rotatable bonds is 6. The van der Waals surface area contributed by atoms with Crippen LogP contribution in [0.2, 0.25) is 0 Å². The molecule has 2 atom stereocenters. The zero-order chi connectivity index (χ0) is 24.5. The molecule has 8 heteroatoms. The maximum atomic E-state index is 13.2. The number of aliphatic hydroxyl groups is 1. The molecule has 2 amide bonds. The fourth-order valence-electron chi connectivity index (χ4n) is 6.05. The van der Waals surface area contributed by atoms with Gasteiger partial charge in [-0.1, -0.05) is 52.9 Å². The lowest BCUT2D eigenvalue weighted by Crippen LogP contribution is -2.61. The maximum Gasteiger partial charge on any atom is 0.269 e. The zero-order valence-electron chi connectivity index (χ0n) is 21.0. The molecule has 8 nitrogen and oxygen atoms in total. The molecule has 1 saturated carbocycles. The molecular weight excluding hydrogens is 432 g/mol. The van der Waals surface area contributed by atoms with E-state index in [0.29, 0.717) is 44.2 Å². The van der Waals surface area contributed by atoms with Gasteiger partial charge in [0.25, 0.3) is 5.56 Å². The lowest BCUT2D eigenvalue weighted by Gasteiger charge is -2.51. The summed E-state index contributed by atoms with van der Waals surface area (Å²) in [5.41, 5.74) is -2.06. The standard InChI is InChI=1S/C26H40N4O4/c1-19(14-20-8-5-4-6-9-20)24(33)28-13-11-26(34,25(2,3)17-28)18-29-16-21(27-15-23(29)32)30-12-7-10-22(30)31/h15-16,19-20,34H,4-14,17-18H2,1-3H3. The van der Waals surface area contributed by atoms with E-state index in [1.54, 1.807) is 11.1 Å². The Labute approximate surface area is 202 Å². The summed E-state index contributed by atoms with van der Waals surface area (Å²) < 4.78 is 1.47. The highest BCUT2D eigenvalue weighted by atomic mass is 16.3. The Morgan fingerprint density at radius 2 is 1.91 bits per heavy atom. The molecule has 0 spiro atoms. The summed E-state index contributed by atoms with van der Waals surface area (Å²) in [6, 6.07) is 0. The van der Waals surface area contributed by atoms with Crippen LogP contribution in [-0.2, 0) is 16.1 Å². The highest BCUT2D eigenvalue weighted by molar-refractivity contribution is 5.94. The third-order valence-electron chi connectivity index (χ3n) is 8.43. The third kappa shape index (κ3) is 5.07. The first-order valence-corrected chi connectivity index (χ1v) is 13.0. The van der Waals surface area contributed by atoms with E-state index in [-0.39, 0.29) is 29.8 Å². The Morgan fingerprint density at radius 1 is 1.18 bits per heavy atom. The summed E-state index contributed by atoms with van der Waals surface area (Å²) in [5, 5.41) is 11.7. The van der Waals surface area contributed by atoms with E-state index in [9.17, 15) is 19.5 Å². The normalized spacial score (nSPS) is 26.6. The predicted octanol–water partition coefficient (Wildman–Crippen LogP) is 2.97. The molecule has 1 N–H and O–H groups in total. The van der Waals surface area contributed by atoms with Gasteiger partial charge in [0.05, 0.1) is 24.5 Å². The van der Waals surface area contributed by atoms with Crippen molar-refractivity contribution in [3.63, 3.8) is 0 Å². The second-order valence-electron chi connectivity index (χ2n) is 11.4. The van der Waals surface area contributed by atoms with Gasteiger partial charge in [-0.25, -0.2) is 4.98 Å². The van der Waals surface area contributed by atoms with E-state index < -0.39 is 11.0 Å². The number of anilines is 1. The molecule has 1 aliphatic carbocycles. The Morgan fingerprint density at radius 3 is 2.56 bits per heavy atom. The van der Waals surface area contributed by atoms with Gasteiger partial charge in [-0.2, -0.15) is 0 Å². The summed E-state index contributed by atoms with van der Waals surface area (Å²) in [5.74, 6) is 1.28. The minimum atomic E-state index is -1.16. The topological polar surface area (TPSA) is 95.7 Å². The van der Waals surface area contributed by atoms with Gasteiger partial charge >= 0.3 is 0 Å². The van der Waals surface area contributed by atoms with Crippen LogP contribution in [-0.4, -0.2) is 56.6 Å². The van der Waals surface area contributed by atoms with Crippen LogP contribution < -0.4 is 10.5 Å². The van der Waals surface area contributed by atoms with Gasteiger partial charge in [-0.15, -0.1) is 0 Å². The van der Waals surface area contributed by atoms with Gasteiger partial charge in [0.1, 0.15) is 0 Å². The Kier molecular flexibility index (Phi) is 7.17. The molecule has 34 heavy (non-hydrogen) atoms. The molecule has 2 unspecified atom stereocenters. The van der Waals surface area contributed by atoms with E-state index in [0.717, 1.165) is 12.8 Å². The van der Waals surface area contributed by atoms with Crippen LogP contribution in [0.5, 0.6) is 0 Å². The monoisotopic (exact) mass is 472 g/mol. The van der Waals surface area contributed by atoms with Crippen molar-refractivity contribution in [1.29, 1.82) is 0 Å². The number of amides is 2. The van der Waals surface area contributed by atoms with E-state index in [1.165, 1.54) is 42.9 Å².